The van der Waals surface area contributed by atoms with Crippen molar-refractivity contribution in [3.63, 3.8) is 0 Å². The Hall–Kier alpha value is -1.71. The molecule has 3 aliphatic rings. The molecule has 0 aromatic carbocycles. The molecule has 3 heterocycles. The monoisotopic (exact) mass is 357 g/mol. The number of nitrogens with zero attached hydrogens (tertiary/aromatic N) is 1. The van der Waals surface area contributed by atoms with E-state index in [0.29, 0.717) is 0 Å². The zero-order valence-corrected chi connectivity index (χ0v) is 14.6. The summed E-state index contributed by atoms with van der Waals surface area (Å²) in [4.78, 5) is 37.6. The molecule has 3 aliphatic heterocycles. The molecular weight excluding hydrogens is 334 g/mol. The second-order valence-electron chi connectivity index (χ2n) is 7.04. The number of aliphatic hydroxyl groups is 1. The zero-order chi connectivity index (χ0) is 18.5. The molecule has 0 bridgehead atoms. The molecule has 1 N–H and O–H groups in total. The van der Waals surface area contributed by atoms with Crippen LogP contribution in [0.15, 0.2) is 0 Å². The normalized spacial score (nSPS) is 38.4. The maximum atomic E-state index is 12.6. The molecule has 3 saturated heterocycles. The molecule has 3 rings (SSSR count). The lowest BCUT2D eigenvalue weighted by molar-refractivity contribution is -0.173. The van der Waals surface area contributed by atoms with Gasteiger partial charge in [-0.15, -0.1) is 0 Å². The highest BCUT2D eigenvalue weighted by Crippen LogP contribution is 2.48. The van der Waals surface area contributed by atoms with Crippen LogP contribution in [0.2, 0.25) is 0 Å². The van der Waals surface area contributed by atoms with E-state index in [4.69, 9.17) is 14.2 Å². The van der Waals surface area contributed by atoms with E-state index in [1.54, 1.807) is 13.8 Å². The van der Waals surface area contributed by atoms with E-state index >= 15 is 0 Å². The quantitative estimate of drug-likeness (QED) is 0.651. The third kappa shape index (κ3) is 2.90. The smallest absolute Gasteiger partial charge is 0.307 e. The number of carbonyl (C=O) groups is 3. The number of amides is 1. The van der Waals surface area contributed by atoms with Gasteiger partial charge >= 0.3 is 11.9 Å². The average Bonchev–Trinajstić information content (AvgIpc) is 3.10. The number of methoxy groups -OCH3 is 2. The lowest BCUT2D eigenvalue weighted by Crippen LogP contribution is -2.44. The molecule has 3 fully saturated rings. The van der Waals surface area contributed by atoms with E-state index in [1.165, 1.54) is 19.1 Å². The SMILES string of the molecule is COC(=O)C[C@H]1[C@@H]2[C@@H]3OC(C)(C)O[C@@H]3[C@@H](CC(=O)OC)N2C(=O)[C@H]1O. The molecule has 0 unspecified atom stereocenters. The van der Waals surface area contributed by atoms with Gasteiger partial charge in [0.15, 0.2) is 5.79 Å². The van der Waals surface area contributed by atoms with Gasteiger partial charge < -0.3 is 29.0 Å². The van der Waals surface area contributed by atoms with Crippen LogP contribution in [0.4, 0.5) is 0 Å². The Balaban J connectivity index is 1.94. The Bertz CT molecular complexity index is 591. The van der Waals surface area contributed by atoms with Crippen LogP contribution in [0.25, 0.3) is 0 Å². The van der Waals surface area contributed by atoms with Crippen LogP contribution in [0.1, 0.15) is 26.7 Å². The molecule has 0 aromatic heterocycles. The van der Waals surface area contributed by atoms with Crippen LogP contribution in [0, 0.1) is 5.92 Å². The van der Waals surface area contributed by atoms with Crippen LogP contribution < -0.4 is 0 Å². The summed E-state index contributed by atoms with van der Waals surface area (Å²) < 4.78 is 21.3. The summed E-state index contributed by atoms with van der Waals surface area (Å²) >= 11 is 0. The fourth-order valence-corrected chi connectivity index (χ4v) is 4.18. The van der Waals surface area contributed by atoms with Crippen molar-refractivity contribution in [1.82, 2.24) is 4.90 Å². The summed E-state index contributed by atoms with van der Waals surface area (Å²) in [5.41, 5.74) is 0. The molecule has 1 amide bonds. The number of rotatable bonds is 4. The Kier molecular flexibility index (Phi) is 4.50. The minimum atomic E-state index is -1.35. The third-order valence-electron chi connectivity index (χ3n) is 5.14. The summed E-state index contributed by atoms with van der Waals surface area (Å²) in [5.74, 6) is -3.12. The second kappa shape index (κ2) is 6.22. The zero-order valence-electron chi connectivity index (χ0n) is 14.6. The molecule has 0 spiro atoms. The summed E-state index contributed by atoms with van der Waals surface area (Å²) in [6, 6.07) is -1.18. The van der Waals surface area contributed by atoms with Gasteiger partial charge in [-0.25, -0.2) is 0 Å². The van der Waals surface area contributed by atoms with Gasteiger partial charge in [-0.2, -0.15) is 0 Å². The molecule has 6 atom stereocenters. The lowest BCUT2D eigenvalue weighted by Gasteiger charge is -2.30. The first kappa shape index (κ1) is 18.1. The molecule has 0 aliphatic carbocycles. The standard InChI is InChI=1S/C16H23NO8/c1-16(2)24-13-8(6-10(19)23-4)17-11(14(13)25-16)7(5-9(18)22-3)12(20)15(17)21/h7-8,11-14,20H,5-6H2,1-4H3/t7-,8+,11+,12-,13+,14-/m0/s1. The molecule has 140 valence electrons. The van der Waals surface area contributed by atoms with Crippen molar-refractivity contribution in [3.8, 4) is 0 Å². The predicted molar refractivity (Wildman–Crippen MR) is 81.0 cm³/mol. The predicted octanol–water partition coefficient (Wildman–Crippen LogP) is -0.797. The first-order valence-corrected chi connectivity index (χ1v) is 8.19. The average molecular weight is 357 g/mol. The summed E-state index contributed by atoms with van der Waals surface area (Å²) in [7, 11) is 2.52. The first-order chi connectivity index (χ1) is 11.7. The van der Waals surface area contributed by atoms with Crippen molar-refractivity contribution in [2.45, 2.75) is 62.9 Å². The van der Waals surface area contributed by atoms with E-state index in [2.05, 4.69) is 4.74 Å². The van der Waals surface area contributed by atoms with Gasteiger partial charge in [0.25, 0.3) is 5.91 Å². The van der Waals surface area contributed by atoms with Crippen molar-refractivity contribution in [1.29, 1.82) is 0 Å². The van der Waals surface area contributed by atoms with Crippen molar-refractivity contribution in [2.24, 2.45) is 5.92 Å². The van der Waals surface area contributed by atoms with Crippen LogP contribution in [0.5, 0.6) is 0 Å². The highest BCUT2D eigenvalue weighted by Gasteiger charge is 2.66. The number of esters is 2. The minimum Gasteiger partial charge on any atom is -0.469 e. The maximum Gasteiger partial charge on any atom is 0.307 e. The van der Waals surface area contributed by atoms with Gasteiger partial charge in [-0.1, -0.05) is 0 Å². The number of carbonyl (C=O) groups excluding carboxylic acids is 3. The topological polar surface area (TPSA) is 112 Å². The van der Waals surface area contributed by atoms with Crippen molar-refractivity contribution in [3.05, 3.63) is 0 Å². The van der Waals surface area contributed by atoms with E-state index in [0.717, 1.165) is 0 Å². The van der Waals surface area contributed by atoms with Crippen LogP contribution in [0.3, 0.4) is 0 Å². The van der Waals surface area contributed by atoms with Crippen molar-refractivity contribution >= 4 is 17.8 Å². The van der Waals surface area contributed by atoms with Crippen LogP contribution in [-0.2, 0) is 33.3 Å². The van der Waals surface area contributed by atoms with Crippen LogP contribution >= 0.6 is 0 Å². The Morgan fingerprint density at radius 1 is 1.12 bits per heavy atom. The lowest BCUT2D eigenvalue weighted by atomic mass is 9.90. The first-order valence-electron chi connectivity index (χ1n) is 8.19. The number of hydrogen-bond donors (Lipinski definition) is 1. The van der Waals surface area contributed by atoms with Gasteiger partial charge in [0.1, 0.15) is 18.3 Å². The summed E-state index contributed by atoms with van der Waals surface area (Å²) in [6.45, 7) is 3.49. The fourth-order valence-electron chi connectivity index (χ4n) is 4.18. The van der Waals surface area contributed by atoms with Crippen molar-refractivity contribution < 1.29 is 38.4 Å². The number of fused-ring (bicyclic) bond motifs is 3. The summed E-state index contributed by atoms with van der Waals surface area (Å²) in [6.07, 6.45) is -2.62. The van der Waals surface area contributed by atoms with E-state index in [1.807, 2.05) is 0 Å². The molecule has 0 aromatic rings. The summed E-state index contributed by atoms with van der Waals surface area (Å²) in [5, 5.41) is 10.4. The van der Waals surface area contributed by atoms with E-state index < -0.39 is 59.9 Å². The molecule has 9 nitrogen and oxygen atoms in total. The highest BCUT2D eigenvalue weighted by molar-refractivity contribution is 5.87. The second-order valence-corrected chi connectivity index (χ2v) is 7.04. The Labute approximate surface area is 145 Å². The molecular formula is C16H23NO8. The molecule has 9 heteroatoms. The van der Waals surface area contributed by atoms with Crippen LogP contribution in [-0.4, -0.2) is 78.3 Å². The minimum absolute atomic E-state index is 0.0724. The molecule has 0 saturated carbocycles. The van der Waals surface area contributed by atoms with Gasteiger partial charge in [0.05, 0.1) is 39.1 Å². The Morgan fingerprint density at radius 3 is 2.28 bits per heavy atom. The Morgan fingerprint density at radius 2 is 1.68 bits per heavy atom. The highest BCUT2D eigenvalue weighted by atomic mass is 16.8. The van der Waals surface area contributed by atoms with Crippen molar-refractivity contribution in [2.75, 3.05) is 14.2 Å². The van der Waals surface area contributed by atoms with Gasteiger partial charge in [-0.3, -0.25) is 14.4 Å². The maximum absolute atomic E-state index is 12.6. The number of hydrogen-bond acceptors (Lipinski definition) is 8. The van der Waals surface area contributed by atoms with E-state index in [9.17, 15) is 19.5 Å². The van der Waals surface area contributed by atoms with Gasteiger partial charge in [-0.05, 0) is 13.8 Å². The largest absolute Gasteiger partial charge is 0.469 e. The number of ether oxygens (including phenoxy) is 4. The third-order valence-corrected chi connectivity index (χ3v) is 5.14. The van der Waals surface area contributed by atoms with Gasteiger partial charge in [0.2, 0.25) is 0 Å². The molecule has 25 heavy (non-hydrogen) atoms. The fraction of sp³-hybridized carbons (Fsp3) is 0.812. The van der Waals surface area contributed by atoms with Gasteiger partial charge in [0, 0.05) is 5.92 Å². The van der Waals surface area contributed by atoms with E-state index in [-0.39, 0.29) is 12.8 Å². The molecule has 0 radical (unpaired) electrons. The number of aliphatic hydroxyl groups excluding tert-OH is 1.